The summed E-state index contributed by atoms with van der Waals surface area (Å²) in [5.74, 6) is 1.39. The fraction of sp³-hybridized carbons (Fsp3) is 0.381. The Morgan fingerprint density at radius 1 is 1.21 bits per heavy atom. The standard InChI is InChI=1S/C21H25N5O3/c1-2-29-19-5-3-4-18(24-19)25-10-12-26(13-11-25)21(28)23-16-7-6-15-8-9-22-20(27)17(15)14-16/h3-7,14H,2,8-13H2,1H3,(H,22,27)(H,23,28). The lowest BCUT2D eigenvalue weighted by molar-refractivity contribution is 0.0946. The number of ether oxygens (including phenoxy) is 1. The molecule has 0 spiro atoms. The van der Waals surface area contributed by atoms with Gasteiger partial charge in [-0.15, -0.1) is 0 Å². The Labute approximate surface area is 169 Å². The number of hydrogen-bond acceptors (Lipinski definition) is 5. The number of carbonyl (C=O) groups excluding carboxylic acids is 2. The Hall–Kier alpha value is -3.29. The van der Waals surface area contributed by atoms with Gasteiger partial charge in [0.05, 0.1) is 6.61 Å². The molecule has 3 amide bonds. The van der Waals surface area contributed by atoms with Crippen molar-refractivity contribution >= 4 is 23.4 Å². The summed E-state index contributed by atoms with van der Waals surface area (Å²) in [5, 5.41) is 5.75. The molecule has 2 aliphatic rings. The molecule has 3 heterocycles. The van der Waals surface area contributed by atoms with Crippen LogP contribution in [0.4, 0.5) is 16.3 Å². The average Bonchev–Trinajstić information content (AvgIpc) is 2.75. The van der Waals surface area contributed by atoms with E-state index in [4.69, 9.17) is 4.74 Å². The molecule has 1 fully saturated rings. The Kier molecular flexibility index (Phi) is 5.50. The number of piperazine rings is 1. The van der Waals surface area contributed by atoms with Gasteiger partial charge in [-0.2, -0.15) is 4.98 Å². The van der Waals surface area contributed by atoms with Crippen molar-refractivity contribution < 1.29 is 14.3 Å². The lowest BCUT2D eigenvalue weighted by Crippen LogP contribution is -2.50. The van der Waals surface area contributed by atoms with Crippen LogP contribution in [0.2, 0.25) is 0 Å². The van der Waals surface area contributed by atoms with Gasteiger partial charge < -0.3 is 25.2 Å². The lowest BCUT2D eigenvalue weighted by Gasteiger charge is -2.35. The number of amides is 3. The summed E-state index contributed by atoms with van der Waals surface area (Å²) in [5.41, 5.74) is 2.29. The first kappa shape index (κ1) is 19.0. The molecule has 2 aliphatic heterocycles. The third-order valence-corrected chi connectivity index (χ3v) is 5.18. The summed E-state index contributed by atoms with van der Waals surface area (Å²) in [6.07, 6.45) is 0.815. The van der Waals surface area contributed by atoms with Crippen LogP contribution in [0.5, 0.6) is 5.88 Å². The van der Waals surface area contributed by atoms with Crippen LogP contribution in [-0.4, -0.2) is 61.2 Å². The quantitative estimate of drug-likeness (QED) is 0.828. The number of hydrogen-bond donors (Lipinski definition) is 2. The molecule has 0 aliphatic carbocycles. The molecule has 1 saturated heterocycles. The van der Waals surface area contributed by atoms with Crippen molar-refractivity contribution in [2.75, 3.05) is 49.5 Å². The van der Waals surface area contributed by atoms with Crippen molar-refractivity contribution in [2.24, 2.45) is 0 Å². The van der Waals surface area contributed by atoms with Crippen molar-refractivity contribution in [3.63, 3.8) is 0 Å². The molecular weight excluding hydrogens is 370 g/mol. The summed E-state index contributed by atoms with van der Waals surface area (Å²) in [4.78, 5) is 33.1. The van der Waals surface area contributed by atoms with Crippen molar-refractivity contribution in [3.8, 4) is 5.88 Å². The van der Waals surface area contributed by atoms with Gasteiger partial charge in [0, 0.05) is 50.0 Å². The molecule has 29 heavy (non-hydrogen) atoms. The van der Waals surface area contributed by atoms with Gasteiger partial charge >= 0.3 is 6.03 Å². The summed E-state index contributed by atoms with van der Waals surface area (Å²) in [6, 6.07) is 11.1. The number of rotatable bonds is 4. The first-order valence-corrected chi connectivity index (χ1v) is 9.96. The minimum absolute atomic E-state index is 0.0854. The zero-order valence-electron chi connectivity index (χ0n) is 16.5. The highest BCUT2D eigenvalue weighted by atomic mass is 16.5. The van der Waals surface area contributed by atoms with Crippen molar-refractivity contribution in [2.45, 2.75) is 13.3 Å². The Morgan fingerprint density at radius 3 is 2.83 bits per heavy atom. The van der Waals surface area contributed by atoms with Gasteiger partial charge in [0.2, 0.25) is 5.88 Å². The number of nitrogens with zero attached hydrogens (tertiary/aromatic N) is 3. The maximum absolute atomic E-state index is 12.7. The van der Waals surface area contributed by atoms with Crippen molar-refractivity contribution in [3.05, 3.63) is 47.5 Å². The minimum atomic E-state index is -0.156. The number of carbonyl (C=O) groups is 2. The largest absolute Gasteiger partial charge is 0.478 e. The zero-order chi connectivity index (χ0) is 20.2. The maximum atomic E-state index is 12.7. The Morgan fingerprint density at radius 2 is 2.03 bits per heavy atom. The third kappa shape index (κ3) is 4.26. The summed E-state index contributed by atoms with van der Waals surface area (Å²) < 4.78 is 5.47. The molecule has 2 aromatic rings. The number of anilines is 2. The molecule has 8 nitrogen and oxygen atoms in total. The predicted octanol–water partition coefficient (Wildman–Crippen LogP) is 2.12. The molecule has 0 bridgehead atoms. The summed E-state index contributed by atoms with van der Waals surface area (Å²) in [6.45, 7) is 5.75. The summed E-state index contributed by atoms with van der Waals surface area (Å²) >= 11 is 0. The number of benzene rings is 1. The normalized spacial score (nSPS) is 16.1. The molecule has 4 rings (SSSR count). The van der Waals surface area contributed by atoms with E-state index < -0.39 is 0 Å². The Balaban J connectivity index is 1.35. The van der Waals surface area contributed by atoms with E-state index in [1.807, 2.05) is 37.3 Å². The molecule has 0 atom stereocenters. The molecule has 152 valence electrons. The van der Waals surface area contributed by atoms with E-state index in [-0.39, 0.29) is 11.9 Å². The van der Waals surface area contributed by atoms with E-state index in [9.17, 15) is 9.59 Å². The van der Waals surface area contributed by atoms with Gasteiger partial charge in [0.15, 0.2) is 0 Å². The van der Waals surface area contributed by atoms with Gasteiger partial charge in [0.1, 0.15) is 5.82 Å². The van der Waals surface area contributed by atoms with E-state index in [1.54, 1.807) is 11.0 Å². The average molecular weight is 395 g/mol. The third-order valence-electron chi connectivity index (χ3n) is 5.18. The van der Waals surface area contributed by atoms with Crippen molar-refractivity contribution in [1.29, 1.82) is 0 Å². The minimum Gasteiger partial charge on any atom is -0.478 e. The van der Waals surface area contributed by atoms with Crippen LogP contribution in [0.15, 0.2) is 36.4 Å². The van der Waals surface area contributed by atoms with Gasteiger partial charge in [-0.1, -0.05) is 12.1 Å². The first-order chi connectivity index (χ1) is 14.1. The van der Waals surface area contributed by atoms with Crippen LogP contribution in [-0.2, 0) is 6.42 Å². The molecule has 1 aromatic carbocycles. The fourth-order valence-corrected chi connectivity index (χ4v) is 3.64. The van der Waals surface area contributed by atoms with Crippen LogP contribution in [0.1, 0.15) is 22.8 Å². The predicted molar refractivity (Wildman–Crippen MR) is 111 cm³/mol. The second-order valence-electron chi connectivity index (χ2n) is 7.05. The van der Waals surface area contributed by atoms with E-state index in [0.717, 1.165) is 17.8 Å². The van der Waals surface area contributed by atoms with E-state index in [2.05, 4.69) is 20.5 Å². The second-order valence-corrected chi connectivity index (χ2v) is 7.05. The van der Waals surface area contributed by atoms with Crippen LogP contribution in [0.3, 0.4) is 0 Å². The number of aromatic nitrogens is 1. The van der Waals surface area contributed by atoms with E-state index >= 15 is 0 Å². The molecule has 8 heteroatoms. The topological polar surface area (TPSA) is 86.8 Å². The van der Waals surface area contributed by atoms with Gasteiger partial charge in [-0.25, -0.2) is 4.79 Å². The van der Waals surface area contributed by atoms with E-state index in [1.165, 1.54) is 0 Å². The number of pyridine rings is 1. The van der Waals surface area contributed by atoms with Gasteiger partial charge in [-0.05, 0) is 37.1 Å². The number of nitrogens with one attached hydrogen (secondary N) is 2. The van der Waals surface area contributed by atoms with Crippen LogP contribution in [0.25, 0.3) is 0 Å². The van der Waals surface area contributed by atoms with Crippen molar-refractivity contribution in [1.82, 2.24) is 15.2 Å². The first-order valence-electron chi connectivity index (χ1n) is 9.96. The number of urea groups is 1. The molecular formula is C21H25N5O3. The highest BCUT2D eigenvalue weighted by molar-refractivity contribution is 5.99. The van der Waals surface area contributed by atoms with Gasteiger partial charge in [-0.3, -0.25) is 4.79 Å². The molecule has 0 saturated carbocycles. The zero-order valence-corrected chi connectivity index (χ0v) is 16.5. The van der Waals surface area contributed by atoms with Crippen LogP contribution >= 0.6 is 0 Å². The monoisotopic (exact) mass is 395 g/mol. The highest BCUT2D eigenvalue weighted by Crippen LogP contribution is 2.21. The van der Waals surface area contributed by atoms with E-state index in [0.29, 0.717) is 56.5 Å². The second kappa shape index (κ2) is 8.38. The molecule has 0 radical (unpaired) electrons. The van der Waals surface area contributed by atoms with Crippen LogP contribution in [0, 0.1) is 0 Å². The smallest absolute Gasteiger partial charge is 0.321 e. The fourth-order valence-electron chi connectivity index (χ4n) is 3.64. The lowest BCUT2D eigenvalue weighted by atomic mass is 10.00. The molecule has 2 N–H and O–H groups in total. The van der Waals surface area contributed by atoms with Crippen LogP contribution < -0.4 is 20.3 Å². The van der Waals surface area contributed by atoms with Gasteiger partial charge in [0.25, 0.3) is 5.91 Å². The molecule has 0 unspecified atom stereocenters. The highest BCUT2D eigenvalue weighted by Gasteiger charge is 2.23. The number of fused-ring (bicyclic) bond motifs is 1. The summed E-state index contributed by atoms with van der Waals surface area (Å²) in [7, 11) is 0. The molecule has 1 aromatic heterocycles. The maximum Gasteiger partial charge on any atom is 0.321 e. The Bertz CT molecular complexity index is 909. The SMILES string of the molecule is CCOc1cccc(N2CCN(C(=O)Nc3ccc4c(c3)C(=O)NCC4)CC2)n1.